The quantitative estimate of drug-likeness (QED) is 0.464. The SMILES string of the molecule is C[C@H](NC(=O)Oc1c(CN2CCCNCC2)c(-c2ccccc2)nc2ccccc12)C1CCCCC1. The summed E-state index contributed by atoms with van der Waals surface area (Å²) < 4.78 is 6.22. The van der Waals surface area contributed by atoms with Crippen molar-refractivity contribution in [3.63, 3.8) is 0 Å². The molecule has 1 saturated heterocycles. The van der Waals surface area contributed by atoms with Crippen LogP contribution in [0, 0.1) is 5.92 Å². The number of ether oxygens (including phenoxy) is 1. The van der Waals surface area contributed by atoms with Gasteiger partial charge in [-0.25, -0.2) is 9.78 Å². The number of nitrogens with zero attached hydrogens (tertiary/aromatic N) is 2. The van der Waals surface area contributed by atoms with E-state index in [9.17, 15) is 4.79 Å². The fraction of sp³-hybridized carbons (Fsp3) is 0.467. The van der Waals surface area contributed by atoms with Crippen molar-refractivity contribution in [1.82, 2.24) is 20.5 Å². The van der Waals surface area contributed by atoms with Crippen LogP contribution in [0.3, 0.4) is 0 Å². The highest BCUT2D eigenvalue weighted by Gasteiger charge is 2.25. The molecule has 2 heterocycles. The van der Waals surface area contributed by atoms with E-state index in [1.807, 2.05) is 42.5 Å². The molecule has 1 saturated carbocycles. The van der Waals surface area contributed by atoms with E-state index in [0.29, 0.717) is 18.2 Å². The number of nitrogens with one attached hydrogen (secondary N) is 2. The van der Waals surface area contributed by atoms with Crippen molar-refractivity contribution < 1.29 is 9.53 Å². The minimum absolute atomic E-state index is 0.0969. The first-order valence-corrected chi connectivity index (χ1v) is 13.6. The molecule has 2 aliphatic rings. The summed E-state index contributed by atoms with van der Waals surface area (Å²) in [5, 5.41) is 7.52. The summed E-state index contributed by atoms with van der Waals surface area (Å²) >= 11 is 0. The molecule has 0 radical (unpaired) electrons. The van der Waals surface area contributed by atoms with E-state index < -0.39 is 0 Å². The molecule has 1 aliphatic heterocycles. The van der Waals surface area contributed by atoms with E-state index in [0.717, 1.165) is 60.3 Å². The highest BCUT2D eigenvalue weighted by atomic mass is 16.6. The highest BCUT2D eigenvalue weighted by molar-refractivity contribution is 5.92. The van der Waals surface area contributed by atoms with Crippen LogP contribution < -0.4 is 15.4 Å². The minimum atomic E-state index is -0.373. The summed E-state index contributed by atoms with van der Waals surface area (Å²) in [5.41, 5.74) is 3.73. The zero-order valence-electron chi connectivity index (χ0n) is 21.3. The molecule has 2 aromatic carbocycles. The normalized spacial score (nSPS) is 18.5. The lowest BCUT2D eigenvalue weighted by molar-refractivity contribution is 0.186. The summed E-state index contributed by atoms with van der Waals surface area (Å²) in [5.74, 6) is 1.15. The first-order chi connectivity index (χ1) is 17.7. The summed E-state index contributed by atoms with van der Waals surface area (Å²) in [7, 11) is 0. The van der Waals surface area contributed by atoms with Crippen molar-refractivity contribution in [2.75, 3.05) is 26.2 Å². The Bertz CT molecular complexity index is 1150. The van der Waals surface area contributed by atoms with Gasteiger partial charge in [0.15, 0.2) is 0 Å². The third kappa shape index (κ3) is 5.88. The third-order valence-corrected chi connectivity index (χ3v) is 7.70. The molecule has 3 aromatic rings. The first kappa shape index (κ1) is 24.7. The van der Waals surface area contributed by atoms with E-state index >= 15 is 0 Å². The molecule has 190 valence electrons. The van der Waals surface area contributed by atoms with Crippen LogP contribution in [-0.2, 0) is 6.54 Å². The van der Waals surface area contributed by atoms with Crippen LogP contribution >= 0.6 is 0 Å². The number of carbonyl (C=O) groups is 1. The Morgan fingerprint density at radius 1 is 1.03 bits per heavy atom. The molecule has 1 atom stereocenters. The zero-order valence-corrected chi connectivity index (χ0v) is 21.3. The van der Waals surface area contributed by atoms with Crippen molar-refractivity contribution in [1.29, 1.82) is 0 Å². The van der Waals surface area contributed by atoms with Gasteiger partial charge in [0.1, 0.15) is 5.75 Å². The van der Waals surface area contributed by atoms with Gasteiger partial charge in [0, 0.05) is 42.2 Å². The molecule has 6 nitrogen and oxygen atoms in total. The molecule has 2 N–H and O–H groups in total. The number of amides is 1. The van der Waals surface area contributed by atoms with Gasteiger partial charge in [-0.1, -0.05) is 61.7 Å². The lowest BCUT2D eigenvalue weighted by atomic mass is 9.85. The molecule has 6 heteroatoms. The second-order valence-electron chi connectivity index (χ2n) is 10.3. The number of hydrogen-bond donors (Lipinski definition) is 2. The average molecular weight is 487 g/mol. The van der Waals surface area contributed by atoms with E-state index in [4.69, 9.17) is 9.72 Å². The molecule has 1 amide bonds. The van der Waals surface area contributed by atoms with Crippen molar-refractivity contribution >= 4 is 17.0 Å². The lowest BCUT2D eigenvalue weighted by Gasteiger charge is -2.28. The molecule has 1 aliphatic carbocycles. The Morgan fingerprint density at radius 2 is 1.81 bits per heavy atom. The molecule has 0 spiro atoms. The van der Waals surface area contributed by atoms with Crippen LogP contribution in [0.5, 0.6) is 5.75 Å². The molecule has 36 heavy (non-hydrogen) atoms. The second-order valence-corrected chi connectivity index (χ2v) is 10.3. The lowest BCUT2D eigenvalue weighted by Crippen LogP contribution is -2.40. The van der Waals surface area contributed by atoms with E-state index in [-0.39, 0.29) is 12.1 Å². The van der Waals surface area contributed by atoms with Crippen LogP contribution in [0.4, 0.5) is 4.79 Å². The van der Waals surface area contributed by atoms with E-state index in [1.54, 1.807) is 0 Å². The fourth-order valence-electron chi connectivity index (χ4n) is 5.66. The Labute approximate surface area is 214 Å². The van der Waals surface area contributed by atoms with Crippen molar-refractivity contribution in [3.05, 3.63) is 60.2 Å². The van der Waals surface area contributed by atoms with Crippen LogP contribution in [-0.4, -0.2) is 48.2 Å². The smallest absolute Gasteiger partial charge is 0.409 e. The number of carbonyl (C=O) groups excluding carboxylic acids is 1. The Balaban J connectivity index is 1.52. The summed E-state index contributed by atoms with van der Waals surface area (Å²) in [6.07, 6.45) is 6.86. The van der Waals surface area contributed by atoms with Gasteiger partial charge < -0.3 is 15.4 Å². The van der Waals surface area contributed by atoms with Gasteiger partial charge in [0.2, 0.25) is 0 Å². The van der Waals surface area contributed by atoms with Gasteiger partial charge in [-0.3, -0.25) is 4.90 Å². The van der Waals surface area contributed by atoms with Gasteiger partial charge in [0.25, 0.3) is 0 Å². The van der Waals surface area contributed by atoms with Gasteiger partial charge in [-0.15, -0.1) is 0 Å². The predicted molar refractivity (Wildman–Crippen MR) is 145 cm³/mol. The van der Waals surface area contributed by atoms with Crippen LogP contribution in [0.2, 0.25) is 0 Å². The molecule has 2 fully saturated rings. The van der Waals surface area contributed by atoms with Gasteiger partial charge in [0.05, 0.1) is 11.2 Å². The van der Waals surface area contributed by atoms with Crippen molar-refractivity contribution in [2.45, 2.75) is 58.0 Å². The predicted octanol–water partition coefficient (Wildman–Crippen LogP) is 5.75. The highest BCUT2D eigenvalue weighted by Crippen LogP contribution is 2.37. The second kappa shape index (κ2) is 11.8. The molecule has 0 bridgehead atoms. The third-order valence-electron chi connectivity index (χ3n) is 7.70. The van der Waals surface area contributed by atoms with E-state index in [2.05, 4.69) is 34.6 Å². The number of benzene rings is 2. The van der Waals surface area contributed by atoms with E-state index in [1.165, 1.54) is 32.1 Å². The maximum Gasteiger partial charge on any atom is 0.412 e. The largest absolute Gasteiger partial charge is 0.412 e. The Morgan fingerprint density at radius 3 is 2.64 bits per heavy atom. The standard InChI is InChI=1S/C30H38N4O2/c1-22(23-11-4-2-5-12-23)32-30(35)36-29-25-15-8-9-16-27(25)33-28(24-13-6-3-7-14-24)26(29)21-34-19-10-17-31-18-20-34/h3,6-9,13-16,22-23,31H,2,4-5,10-12,17-21H2,1H3,(H,32,35)/t22-/m0/s1. The zero-order chi connectivity index (χ0) is 24.7. The summed E-state index contributed by atoms with van der Waals surface area (Å²) in [4.78, 5) is 20.8. The van der Waals surface area contributed by atoms with Gasteiger partial charge in [-0.2, -0.15) is 0 Å². The number of rotatable bonds is 6. The van der Waals surface area contributed by atoms with Crippen molar-refractivity contribution in [2.24, 2.45) is 5.92 Å². The van der Waals surface area contributed by atoms with Crippen LogP contribution in [0.15, 0.2) is 54.6 Å². The maximum absolute atomic E-state index is 13.3. The molecule has 0 unspecified atom stereocenters. The number of pyridine rings is 1. The maximum atomic E-state index is 13.3. The Hall–Kier alpha value is -2.96. The van der Waals surface area contributed by atoms with Crippen LogP contribution in [0.25, 0.3) is 22.2 Å². The van der Waals surface area contributed by atoms with Crippen molar-refractivity contribution in [3.8, 4) is 17.0 Å². The number of aromatic nitrogens is 1. The molecule has 5 rings (SSSR count). The number of fused-ring (bicyclic) bond motifs is 1. The van der Waals surface area contributed by atoms with Crippen LogP contribution in [0.1, 0.15) is 51.0 Å². The molecular weight excluding hydrogens is 448 g/mol. The fourth-order valence-corrected chi connectivity index (χ4v) is 5.66. The topological polar surface area (TPSA) is 66.5 Å². The minimum Gasteiger partial charge on any atom is -0.409 e. The Kier molecular flexibility index (Phi) is 8.14. The van der Waals surface area contributed by atoms with Gasteiger partial charge in [-0.05, 0) is 57.3 Å². The molecular formula is C30H38N4O2. The monoisotopic (exact) mass is 486 g/mol. The number of para-hydroxylation sites is 1. The first-order valence-electron chi connectivity index (χ1n) is 13.6. The number of hydrogen-bond acceptors (Lipinski definition) is 5. The van der Waals surface area contributed by atoms with Gasteiger partial charge >= 0.3 is 6.09 Å². The summed E-state index contributed by atoms with van der Waals surface area (Å²) in [6, 6.07) is 18.3. The average Bonchev–Trinajstić information content (AvgIpc) is 3.19. The summed E-state index contributed by atoms with van der Waals surface area (Å²) in [6.45, 7) is 6.73. The molecule has 1 aromatic heterocycles.